The van der Waals surface area contributed by atoms with Crippen LogP contribution in [0.25, 0.3) is 0 Å². The summed E-state index contributed by atoms with van der Waals surface area (Å²) >= 11 is 0. The molecule has 0 saturated heterocycles. The van der Waals surface area contributed by atoms with Crippen LogP contribution in [0.1, 0.15) is 27.2 Å². The SMILES string of the molecule is COC(C)(C)CC(C)(C#N)OCCO. The van der Waals surface area contributed by atoms with Crippen molar-refractivity contribution >= 4 is 0 Å². The van der Waals surface area contributed by atoms with Crippen molar-refractivity contribution in [2.45, 2.75) is 38.4 Å². The van der Waals surface area contributed by atoms with Crippen LogP contribution in [0.2, 0.25) is 0 Å². The van der Waals surface area contributed by atoms with Crippen molar-refractivity contribution in [3.63, 3.8) is 0 Å². The lowest BCUT2D eigenvalue weighted by molar-refractivity contribution is -0.0748. The van der Waals surface area contributed by atoms with E-state index >= 15 is 0 Å². The molecule has 0 aromatic carbocycles. The third-order valence-corrected chi connectivity index (χ3v) is 2.06. The van der Waals surface area contributed by atoms with Gasteiger partial charge >= 0.3 is 0 Å². The number of methoxy groups -OCH3 is 1. The number of ether oxygens (including phenoxy) is 2. The molecule has 0 fully saturated rings. The van der Waals surface area contributed by atoms with Crippen molar-refractivity contribution in [2.75, 3.05) is 20.3 Å². The number of nitriles is 1. The number of rotatable bonds is 6. The number of nitrogens with zero attached hydrogens (tertiary/aromatic N) is 1. The fraction of sp³-hybridized carbons (Fsp3) is 0.900. The predicted octanol–water partition coefficient (Wildman–Crippen LogP) is 1.09. The zero-order valence-corrected chi connectivity index (χ0v) is 9.33. The third-order valence-electron chi connectivity index (χ3n) is 2.06. The Hall–Kier alpha value is -0.630. The van der Waals surface area contributed by atoms with Gasteiger partial charge in [-0.25, -0.2) is 0 Å². The average Bonchev–Trinajstić information content (AvgIpc) is 2.14. The van der Waals surface area contributed by atoms with Gasteiger partial charge in [0.05, 0.1) is 24.9 Å². The summed E-state index contributed by atoms with van der Waals surface area (Å²) in [5.74, 6) is 0. The molecule has 0 aliphatic heterocycles. The van der Waals surface area contributed by atoms with Crippen LogP contribution in [0.5, 0.6) is 0 Å². The first-order chi connectivity index (χ1) is 6.39. The average molecular weight is 201 g/mol. The van der Waals surface area contributed by atoms with Gasteiger partial charge in [-0.3, -0.25) is 0 Å². The van der Waals surface area contributed by atoms with Crippen LogP contribution in [-0.2, 0) is 9.47 Å². The van der Waals surface area contributed by atoms with Gasteiger partial charge in [0.1, 0.15) is 0 Å². The molecule has 14 heavy (non-hydrogen) atoms. The minimum atomic E-state index is -0.901. The second-order valence-electron chi connectivity index (χ2n) is 4.06. The summed E-state index contributed by atoms with van der Waals surface area (Å²) in [5, 5.41) is 17.6. The molecule has 0 rings (SSSR count). The molecule has 0 aromatic heterocycles. The van der Waals surface area contributed by atoms with E-state index in [0.29, 0.717) is 6.42 Å². The van der Waals surface area contributed by atoms with E-state index in [9.17, 15) is 0 Å². The molecule has 0 aliphatic rings. The van der Waals surface area contributed by atoms with E-state index in [1.165, 1.54) is 0 Å². The van der Waals surface area contributed by atoms with Crippen molar-refractivity contribution in [3.05, 3.63) is 0 Å². The van der Waals surface area contributed by atoms with E-state index in [0.717, 1.165) is 0 Å². The zero-order valence-electron chi connectivity index (χ0n) is 9.33. The van der Waals surface area contributed by atoms with Gasteiger partial charge in [-0.15, -0.1) is 0 Å². The molecule has 4 heteroatoms. The summed E-state index contributed by atoms with van der Waals surface area (Å²) < 4.78 is 10.5. The zero-order chi connectivity index (χ0) is 11.2. The number of hydrogen-bond donors (Lipinski definition) is 1. The summed E-state index contributed by atoms with van der Waals surface area (Å²) in [7, 11) is 1.60. The van der Waals surface area contributed by atoms with E-state index in [1.807, 2.05) is 13.8 Å². The summed E-state index contributed by atoms with van der Waals surface area (Å²) in [6, 6.07) is 2.09. The molecule has 0 spiro atoms. The first kappa shape index (κ1) is 13.4. The molecule has 0 amide bonds. The molecule has 4 nitrogen and oxygen atoms in total. The van der Waals surface area contributed by atoms with Crippen LogP contribution in [0.15, 0.2) is 0 Å². The third kappa shape index (κ3) is 4.56. The van der Waals surface area contributed by atoms with E-state index in [2.05, 4.69) is 6.07 Å². The van der Waals surface area contributed by atoms with E-state index in [4.69, 9.17) is 19.8 Å². The molecular formula is C10H19NO3. The monoisotopic (exact) mass is 201 g/mol. The van der Waals surface area contributed by atoms with Crippen molar-refractivity contribution in [1.82, 2.24) is 0 Å². The lowest BCUT2D eigenvalue weighted by Gasteiger charge is -2.31. The molecule has 1 atom stereocenters. The summed E-state index contributed by atoms with van der Waals surface area (Å²) in [5.41, 5.74) is -1.30. The van der Waals surface area contributed by atoms with Crippen LogP contribution >= 0.6 is 0 Å². The van der Waals surface area contributed by atoms with Gasteiger partial charge in [-0.05, 0) is 20.8 Å². The fourth-order valence-electron chi connectivity index (χ4n) is 1.28. The van der Waals surface area contributed by atoms with Gasteiger partial charge in [0.15, 0.2) is 5.60 Å². The van der Waals surface area contributed by atoms with E-state index in [1.54, 1.807) is 14.0 Å². The lowest BCUT2D eigenvalue weighted by atomic mass is 9.91. The summed E-state index contributed by atoms with van der Waals surface area (Å²) in [4.78, 5) is 0. The number of aliphatic hydroxyl groups is 1. The Bertz CT molecular complexity index is 210. The van der Waals surface area contributed by atoms with Gasteiger partial charge in [-0.1, -0.05) is 0 Å². The molecule has 0 bridgehead atoms. The molecule has 1 N–H and O–H groups in total. The minimum absolute atomic E-state index is 0.0787. The van der Waals surface area contributed by atoms with Gasteiger partial charge in [0.25, 0.3) is 0 Å². The summed E-state index contributed by atoms with van der Waals surface area (Å²) in [6.45, 7) is 5.58. The van der Waals surface area contributed by atoms with Crippen LogP contribution in [-0.4, -0.2) is 36.6 Å². The molecule has 1 unspecified atom stereocenters. The Kier molecular flexibility index (Phi) is 5.06. The standard InChI is InChI=1S/C10H19NO3/c1-9(2,13-4)7-10(3,8-11)14-6-5-12/h12H,5-7H2,1-4H3. The largest absolute Gasteiger partial charge is 0.394 e. The van der Waals surface area contributed by atoms with Crippen LogP contribution < -0.4 is 0 Å². The first-order valence-corrected chi connectivity index (χ1v) is 4.60. The van der Waals surface area contributed by atoms with Gasteiger partial charge in [0, 0.05) is 13.5 Å². The van der Waals surface area contributed by atoms with Crippen LogP contribution in [0.3, 0.4) is 0 Å². The fourth-order valence-corrected chi connectivity index (χ4v) is 1.28. The highest BCUT2D eigenvalue weighted by molar-refractivity contribution is 5.01. The Labute approximate surface area is 85.4 Å². The highest BCUT2D eigenvalue weighted by atomic mass is 16.5. The highest BCUT2D eigenvalue weighted by Gasteiger charge is 2.33. The van der Waals surface area contributed by atoms with Crippen molar-refractivity contribution in [2.24, 2.45) is 0 Å². The van der Waals surface area contributed by atoms with Gasteiger partial charge in [0.2, 0.25) is 0 Å². The first-order valence-electron chi connectivity index (χ1n) is 4.60. The Morgan fingerprint density at radius 3 is 2.29 bits per heavy atom. The van der Waals surface area contributed by atoms with Gasteiger partial charge < -0.3 is 14.6 Å². The maximum Gasteiger partial charge on any atom is 0.154 e. The Balaban J connectivity index is 4.33. The minimum Gasteiger partial charge on any atom is -0.394 e. The Morgan fingerprint density at radius 1 is 1.36 bits per heavy atom. The molecular weight excluding hydrogens is 182 g/mol. The maximum atomic E-state index is 8.96. The molecule has 0 heterocycles. The topological polar surface area (TPSA) is 62.5 Å². The van der Waals surface area contributed by atoms with E-state index in [-0.39, 0.29) is 13.2 Å². The Morgan fingerprint density at radius 2 is 1.93 bits per heavy atom. The van der Waals surface area contributed by atoms with E-state index < -0.39 is 11.2 Å². The molecule has 0 saturated carbocycles. The molecule has 0 aromatic rings. The summed E-state index contributed by atoms with van der Waals surface area (Å²) in [6.07, 6.45) is 0.465. The second-order valence-corrected chi connectivity index (χ2v) is 4.06. The lowest BCUT2D eigenvalue weighted by Crippen LogP contribution is -2.38. The van der Waals surface area contributed by atoms with Crippen molar-refractivity contribution in [1.29, 1.82) is 5.26 Å². The highest BCUT2D eigenvalue weighted by Crippen LogP contribution is 2.25. The van der Waals surface area contributed by atoms with Gasteiger partial charge in [-0.2, -0.15) is 5.26 Å². The molecule has 0 radical (unpaired) electrons. The van der Waals surface area contributed by atoms with Crippen LogP contribution in [0.4, 0.5) is 0 Å². The maximum absolute atomic E-state index is 8.96. The number of aliphatic hydroxyl groups excluding tert-OH is 1. The predicted molar refractivity (Wildman–Crippen MR) is 52.8 cm³/mol. The van der Waals surface area contributed by atoms with Crippen molar-refractivity contribution in [3.8, 4) is 6.07 Å². The second kappa shape index (κ2) is 5.30. The molecule has 82 valence electrons. The van der Waals surface area contributed by atoms with Crippen molar-refractivity contribution < 1.29 is 14.6 Å². The van der Waals surface area contributed by atoms with Crippen LogP contribution in [0, 0.1) is 11.3 Å². The smallest absolute Gasteiger partial charge is 0.154 e. The number of hydrogen-bond acceptors (Lipinski definition) is 4. The molecule has 0 aliphatic carbocycles. The normalized spacial score (nSPS) is 16.0. The quantitative estimate of drug-likeness (QED) is 0.698.